The van der Waals surface area contributed by atoms with Crippen molar-refractivity contribution in [2.24, 2.45) is 5.92 Å². The Kier molecular flexibility index (Phi) is 4.47. The van der Waals surface area contributed by atoms with Crippen molar-refractivity contribution in [2.75, 3.05) is 0 Å². The maximum atomic E-state index is 11.8. The molecule has 1 heteroatoms. The lowest BCUT2D eigenvalue weighted by Crippen LogP contribution is -2.30. The molecule has 0 unspecified atom stereocenters. The predicted octanol–water partition coefficient (Wildman–Crippen LogP) is 5.62. The van der Waals surface area contributed by atoms with Gasteiger partial charge in [0.25, 0.3) is 0 Å². The van der Waals surface area contributed by atoms with Gasteiger partial charge in [0.1, 0.15) is 5.60 Å². The topological polar surface area (TPSA) is 20.2 Å². The van der Waals surface area contributed by atoms with Gasteiger partial charge < -0.3 is 5.11 Å². The minimum Gasteiger partial charge on any atom is -0.380 e. The Labute approximate surface area is 145 Å². The summed E-state index contributed by atoms with van der Waals surface area (Å²) in [6, 6.07) is 20.1. The van der Waals surface area contributed by atoms with E-state index in [0.717, 1.165) is 11.1 Å². The highest BCUT2D eigenvalue weighted by atomic mass is 16.3. The fourth-order valence-electron chi connectivity index (χ4n) is 3.87. The van der Waals surface area contributed by atoms with Crippen molar-refractivity contribution < 1.29 is 5.11 Å². The van der Waals surface area contributed by atoms with Crippen LogP contribution < -0.4 is 0 Å². The molecule has 0 fully saturated rings. The van der Waals surface area contributed by atoms with E-state index in [1.165, 1.54) is 22.3 Å². The highest BCUT2D eigenvalue weighted by Crippen LogP contribution is 2.45. The molecule has 0 spiro atoms. The van der Waals surface area contributed by atoms with E-state index in [9.17, 15) is 5.11 Å². The van der Waals surface area contributed by atoms with Crippen LogP contribution in [0.15, 0.2) is 83.0 Å². The molecule has 0 aliphatic heterocycles. The molecule has 1 nitrogen and oxygen atoms in total. The normalized spacial score (nSPS) is 16.2. The summed E-state index contributed by atoms with van der Waals surface area (Å²) >= 11 is 0. The number of rotatable bonds is 4. The second kappa shape index (κ2) is 6.41. The van der Waals surface area contributed by atoms with Crippen LogP contribution in [0.4, 0.5) is 0 Å². The molecule has 1 aliphatic rings. The van der Waals surface area contributed by atoms with Crippen molar-refractivity contribution >= 4 is 0 Å². The molecule has 1 N–H and O–H groups in total. The van der Waals surface area contributed by atoms with Crippen molar-refractivity contribution in [3.8, 4) is 0 Å². The van der Waals surface area contributed by atoms with Gasteiger partial charge in [-0.2, -0.15) is 0 Å². The van der Waals surface area contributed by atoms with Crippen LogP contribution in [0, 0.1) is 5.92 Å². The highest BCUT2D eigenvalue weighted by molar-refractivity contribution is 5.48. The molecular formula is C23H26O. The van der Waals surface area contributed by atoms with E-state index in [1.807, 2.05) is 60.7 Å². The SMILES string of the molecule is CC1=C(C)C(CC(O)(c2ccccc2)c2ccccc2)C(C)=C1C. The first-order valence-corrected chi connectivity index (χ1v) is 8.63. The number of benzene rings is 2. The molecule has 0 heterocycles. The summed E-state index contributed by atoms with van der Waals surface area (Å²) in [6.07, 6.45) is 0.674. The average Bonchev–Trinajstić information content (AvgIpc) is 2.81. The van der Waals surface area contributed by atoms with Gasteiger partial charge in [-0.15, -0.1) is 0 Å². The van der Waals surface area contributed by atoms with E-state index in [2.05, 4.69) is 27.7 Å². The molecule has 0 aromatic heterocycles. The Hall–Kier alpha value is -2.12. The number of hydrogen-bond donors (Lipinski definition) is 1. The molecule has 0 saturated heterocycles. The van der Waals surface area contributed by atoms with E-state index >= 15 is 0 Å². The zero-order chi connectivity index (χ0) is 17.3. The second-order valence-electron chi connectivity index (χ2n) is 6.97. The Balaban J connectivity index is 2.08. The van der Waals surface area contributed by atoms with E-state index in [1.54, 1.807) is 0 Å². The van der Waals surface area contributed by atoms with Gasteiger partial charge in [0.05, 0.1) is 0 Å². The molecule has 2 aromatic carbocycles. The molecule has 0 radical (unpaired) electrons. The van der Waals surface area contributed by atoms with Gasteiger partial charge in [0.2, 0.25) is 0 Å². The average molecular weight is 318 g/mol. The van der Waals surface area contributed by atoms with Crippen LogP contribution in [0.3, 0.4) is 0 Å². The first-order valence-electron chi connectivity index (χ1n) is 8.63. The molecule has 3 rings (SSSR count). The first kappa shape index (κ1) is 16.7. The summed E-state index contributed by atoms with van der Waals surface area (Å²) in [6.45, 7) is 8.79. The van der Waals surface area contributed by atoms with Gasteiger partial charge in [-0.25, -0.2) is 0 Å². The van der Waals surface area contributed by atoms with E-state index in [0.29, 0.717) is 6.42 Å². The van der Waals surface area contributed by atoms with Crippen LogP contribution in [-0.2, 0) is 5.60 Å². The van der Waals surface area contributed by atoms with Crippen molar-refractivity contribution in [1.82, 2.24) is 0 Å². The number of allylic oxidation sites excluding steroid dienone is 4. The Morgan fingerprint density at radius 3 is 1.46 bits per heavy atom. The molecule has 0 amide bonds. The summed E-state index contributed by atoms with van der Waals surface area (Å²) in [5, 5.41) is 11.8. The van der Waals surface area contributed by atoms with Crippen LogP contribution in [0.2, 0.25) is 0 Å². The van der Waals surface area contributed by atoms with Gasteiger partial charge in [0, 0.05) is 5.92 Å². The van der Waals surface area contributed by atoms with Gasteiger partial charge >= 0.3 is 0 Å². The fraction of sp³-hybridized carbons (Fsp3) is 0.304. The molecule has 2 aromatic rings. The molecule has 0 atom stereocenters. The van der Waals surface area contributed by atoms with Gasteiger partial charge in [-0.1, -0.05) is 71.8 Å². The first-order chi connectivity index (χ1) is 11.4. The lowest BCUT2D eigenvalue weighted by Gasteiger charge is -2.33. The van der Waals surface area contributed by atoms with Crippen molar-refractivity contribution in [2.45, 2.75) is 39.7 Å². The zero-order valence-electron chi connectivity index (χ0n) is 15.0. The molecule has 124 valence electrons. The third kappa shape index (κ3) is 2.74. The third-order valence-electron chi connectivity index (χ3n) is 5.79. The van der Waals surface area contributed by atoms with E-state index in [-0.39, 0.29) is 5.92 Å². The molecule has 24 heavy (non-hydrogen) atoms. The lowest BCUT2D eigenvalue weighted by atomic mass is 9.76. The monoisotopic (exact) mass is 318 g/mol. The number of hydrogen-bond acceptors (Lipinski definition) is 1. The Morgan fingerprint density at radius 2 is 1.08 bits per heavy atom. The van der Waals surface area contributed by atoms with Crippen molar-refractivity contribution in [1.29, 1.82) is 0 Å². The van der Waals surface area contributed by atoms with Gasteiger partial charge in [0.15, 0.2) is 0 Å². The maximum absolute atomic E-state index is 11.8. The van der Waals surface area contributed by atoms with Crippen molar-refractivity contribution in [3.05, 3.63) is 94.1 Å². The standard InChI is InChI=1S/C23H26O/c1-16-17(2)19(4)22(18(16)3)15-23(24,20-11-7-5-8-12-20)21-13-9-6-10-14-21/h5-14,22,24H,15H2,1-4H3. The van der Waals surface area contributed by atoms with E-state index < -0.39 is 5.60 Å². The highest BCUT2D eigenvalue weighted by Gasteiger charge is 2.37. The smallest absolute Gasteiger partial charge is 0.115 e. The summed E-state index contributed by atoms with van der Waals surface area (Å²) in [7, 11) is 0. The largest absolute Gasteiger partial charge is 0.380 e. The Bertz CT molecular complexity index is 718. The van der Waals surface area contributed by atoms with Crippen molar-refractivity contribution in [3.63, 3.8) is 0 Å². The summed E-state index contributed by atoms with van der Waals surface area (Å²) in [5.74, 6) is 0.287. The van der Waals surface area contributed by atoms with Gasteiger partial charge in [-0.3, -0.25) is 0 Å². The minimum atomic E-state index is -0.986. The minimum absolute atomic E-state index is 0.287. The molecular weight excluding hydrogens is 292 g/mol. The maximum Gasteiger partial charge on any atom is 0.115 e. The quantitative estimate of drug-likeness (QED) is 0.776. The molecule has 1 aliphatic carbocycles. The molecule has 0 saturated carbocycles. The predicted molar refractivity (Wildman–Crippen MR) is 101 cm³/mol. The fourth-order valence-corrected chi connectivity index (χ4v) is 3.87. The van der Waals surface area contributed by atoms with Crippen LogP contribution in [0.25, 0.3) is 0 Å². The summed E-state index contributed by atoms with van der Waals surface area (Å²) < 4.78 is 0. The second-order valence-corrected chi connectivity index (χ2v) is 6.97. The van der Waals surface area contributed by atoms with Crippen LogP contribution in [-0.4, -0.2) is 5.11 Å². The zero-order valence-corrected chi connectivity index (χ0v) is 15.0. The van der Waals surface area contributed by atoms with Crippen LogP contribution in [0.5, 0.6) is 0 Å². The van der Waals surface area contributed by atoms with Gasteiger partial charge in [-0.05, 0) is 56.4 Å². The third-order valence-corrected chi connectivity index (χ3v) is 5.79. The lowest BCUT2D eigenvalue weighted by molar-refractivity contribution is 0.0618. The summed E-state index contributed by atoms with van der Waals surface area (Å²) in [4.78, 5) is 0. The van der Waals surface area contributed by atoms with Crippen LogP contribution in [0.1, 0.15) is 45.2 Å². The van der Waals surface area contributed by atoms with Crippen LogP contribution >= 0.6 is 0 Å². The van der Waals surface area contributed by atoms with E-state index in [4.69, 9.17) is 0 Å². The Morgan fingerprint density at radius 1 is 0.708 bits per heavy atom. The number of aliphatic hydroxyl groups is 1. The molecule has 0 bridgehead atoms. The summed E-state index contributed by atoms with van der Waals surface area (Å²) in [5.41, 5.74) is 6.45.